The molecule has 0 spiro atoms. The van der Waals surface area contributed by atoms with Crippen molar-refractivity contribution in [2.24, 2.45) is 0 Å². The molecule has 0 radical (unpaired) electrons. The first kappa shape index (κ1) is 15.8. The molecule has 1 aromatic carbocycles. The Morgan fingerprint density at radius 1 is 1.39 bits per heavy atom. The Morgan fingerprint density at radius 2 is 2.22 bits per heavy atom. The van der Waals surface area contributed by atoms with Gasteiger partial charge in [0.25, 0.3) is 0 Å². The van der Waals surface area contributed by atoms with E-state index in [4.69, 9.17) is 11.6 Å². The number of carbonyl (C=O) groups is 2. The van der Waals surface area contributed by atoms with Crippen molar-refractivity contribution in [1.82, 2.24) is 10.6 Å². The van der Waals surface area contributed by atoms with Crippen LogP contribution in [0.5, 0.6) is 0 Å². The van der Waals surface area contributed by atoms with Gasteiger partial charge in [-0.2, -0.15) is 0 Å². The van der Waals surface area contributed by atoms with Crippen LogP contribution in [0, 0.1) is 0 Å². The minimum atomic E-state index is -0.239. The maximum Gasteiger partial charge on any atom is 0.315 e. The number of anilines is 1. The van der Waals surface area contributed by atoms with Crippen molar-refractivity contribution in [3.63, 3.8) is 0 Å². The van der Waals surface area contributed by atoms with Gasteiger partial charge >= 0.3 is 6.03 Å². The number of hydrogen-bond acceptors (Lipinski definition) is 3. The summed E-state index contributed by atoms with van der Waals surface area (Å²) in [5, 5.41) is 8.50. The van der Waals surface area contributed by atoms with E-state index in [2.05, 4.69) is 16.0 Å². The molecule has 5 nitrogen and oxygen atoms in total. The first-order valence-corrected chi connectivity index (χ1v) is 8.42. The molecule has 0 fully saturated rings. The van der Waals surface area contributed by atoms with Gasteiger partial charge in [0.1, 0.15) is 0 Å². The molecule has 3 amide bonds. The van der Waals surface area contributed by atoms with Gasteiger partial charge in [-0.05, 0) is 36.2 Å². The van der Waals surface area contributed by atoms with E-state index in [1.807, 2.05) is 37.3 Å². The van der Waals surface area contributed by atoms with Crippen LogP contribution in [0.2, 0.25) is 4.34 Å². The number of benzene rings is 1. The molecule has 0 saturated carbocycles. The lowest BCUT2D eigenvalue weighted by atomic mass is 10.0. The van der Waals surface area contributed by atoms with Crippen LogP contribution in [0.25, 0.3) is 0 Å². The molecular formula is C16H16ClN3O2S. The standard InChI is InChI=1S/C16H16ClN3O2S/c1-9(10-2-4-13-11(6-10)7-15(21)20-13)19-16(22)18-8-12-3-5-14(17)23-12/h2-6,9H,7-8H2,1H3,(H,20,21)(H2,18,19,22). The Bertz CT molecular complexity index is 760. The second kappa shape index (κ2) is 6.60. The number of thiophene rings is 1. The van der Waals surface area contributed by atoms with E-state index in [0.29, 0.717) is 17.3 Å². The van der Waals surface area contributed by atoms with Crippen LogP contribution in [0.1, 0.15) is 29.0 Å². The molecule has 1 atom stereocenters. The number of nitrogens with one attached hydrogen (secondary N) is 3. The van der Waals surface area contributed by atoms with Crippen molar-refractivity contribution in [3.8, 4) is 0 Å². The van der Waals surface area contributed by atoms with Crippen molar-refractivity contribution >= 4 is 40.6 Å². The molecule has 1 aliphatic heterocycles. The van der Waals surface area contributed by atoms with E-state index in [0.717, 1.165) is 21.7 Å². The molecule has 7 heteroatoms. The summed E-state index contributed by atoms with van der Waals surface area (Å²) in [5.41, 5.74) is 2.79. The Morgan fingerprint density at radius 3 is 2.96 bits per heavy atom. The third-order valence-corrected chi connectivity index (χ3v) is 4.89. The van der Waals surface area contributed by atoms with Gasteiger partial charge in [0, 0.05) is 10.6 Å². The molecule has 2 aromatic rings. The lowest BCUT2D eigenvalue weighted by molar-refractivity contribution is -0.115. The van der Waals surface area contributed by atoms with Gasteiger partial charge in [-0.25, -0.2) is 4.79 Å². The molecule has 120 valence electrons. The zero-order valence-electron chi connectivity index (χ0n) is 12.5. The molecule has 2 heterocycles. The topological polar surface area (TPSA) is 70.2 Å². The highest BCUT2D eigenvalue weighted by Gasteiger charge is 2.19. The number of hydrogen-bond donors (Lipinski definition) is 3. The first-order valence-electron chi connectivity index (χ1n) is 7.22. The molecule has 0 saturated heterocycles. The van der Waals surface area contributed by atoms with Gasteiger partial charge in [0.2, 0.25) is 5.91 Å². The Kier molecular flexibility index (Phi) is 4.54. The van der Waals surface area contributed by atoms with Gasteiger partial charge in [-0.3, -0.25) is 4.79 Å². The van der Waals surface area contributed by atoms with Gasteiger partial charge < -0.3 is 16.0 Å². The van der Waals surface area contributed by atoms with Crippen molar-refractivity contribution in [2.45, 2.75) is 25.9 Å². The maximum absolute atomic E-state index is 12.0. The number of amides is 3. The van der Waals surface area contributed by atoms with Crippen molar-refractivity contribution in [1.29, 1.82) is 0 Å². The first-order chi connectivity index (χ1) is 11.0. The minimum absolute atomic E-state index is 0.00474. The van der Waals surface area contributed by atoms with E-state index >= 15 is 0 Å². The smallest absolute Gasteiger partial charge is 0.315 e. The second-order valence-corrected chi connectivity index (χ2v) is 7.20. The molecule has 3 N–H and O–H groups in total. The van der Waals surface area contributed by atoms with Crippen LogP contribution in [0.15, 0.2) is 30.3 Å². The fraction of sp³-hybridized carbons (Fsp3) is 0.250. The quantitative estimate of drug-likeness (QED) is 0.791. The third-order valence-electron chi connectivity index (χ3n) is 3.65. The SMILES string of the molecule is CC(NC(=O)NCc1ccc(Cl)s1)c1ccc2c(c1)CC(=O)N2. The Labute approximate surface area is 143 Å². The van der Waals surface area contributed by atoms with E-state index in [1.165, 1.54) is 11.3 Å². The van der Waals surface area contributed by atoms with Crippen LogP contribution < -0.4 is 16.0 Å². The normalized spacial score (nSPS) is 14.1. The molecule has 3 rings (SSSR count). The molecule has 1 aromatic heterocycles. The maximum atomic E-state index is 12.0. The summed E-state index contributed by atoms with van der Waals surface area (Å²) in [4.78, 5) is 24.4. The summed E-state index contributed by atoms with van der Waals surface area (Å²) in [6, 6.07) is 9.05. The zero-order chi connectivity index (χ0) is 16.4. The van der Waals surface area contributed by atoms with Gasteiger partial charge in [-0.15, -0.1) is 11.3 Å². The molecule has 1 unspecified atom stereocenters. The van der Waals surface area contributed by atoms with Gasteiger partial charge in [0.15, 0.2) is 0 Å². The molecular weight excluding hydrogens is 334 g/mol. The monoisotopic (exact) mass is 349 g/mol. The van der Waals surface area contributed by atoms with Crippen LogP contribution >= 0.6 is 22.9 Å². The Hall–Kier alpha value is -2.05. The van der Waals surface area contributed by atoms with Crippen molar-refractivity contribution < 1.29 is 9.59 Å². The summed E-state index contributed by atoms with van der Waals surface area (Å²) in [6.45, 7) is 2.35. The summed E-state index contributed by atoms with van der Waals surface area (Å²) >= 11 is 7.30. The van der Waals surface area contributed by atoms with Crippen LogP contribution in [0.3, 0.4) is 0 Å². The second-order valence-electron chi connectivity index (χ2n) is 5.40. The summed E-state index contributed by atoms with van der Waals surface area (Å²) in [6.07, 6.45) is 0.390. The van der Waals surface area contributed by atoms with E-state index in [-0.39, 0.29) is 18.0 Å². The molecule has 0 bridgehead atoms. The third kappa shape index (κ3) is 3.83. The minimum Gasteiger partial charge on any atom is -0.333 e. The fourth-order valence-corrected chi connectivity index (χ4v) is 3.49. The number of rotatable bonds is 4. The van der Waals surface area contributed by atoms with Crippen LogP contribution in [-0.4, -0.2) is 11.9 Å². The highest BCUT2D eigenvalue weighted by atomic mass is 35.5. The lowest BCUT2D eigenvalue weighted by Gasteiger charge is -2.15. The summed E-state index contributed by atoms with van der Waals surface area (Å²) < 4.78 is 0.705. The average Bonchev–Trinajstić information content (AvgIpc) is 3.08. The fourth-order valence-electron chi connectivity index (χ4n) is 2.46. The molecule has 23 heavy (non-hydrogen) atoms. The van der Waals surface area contributed by atoms with Gasteiger partial charge in [-0.1, -0.05) is 23.7 Å². The number of urea groups is 1. The average molecular weight is 350 g/mol. The molecule has 1 aliphatic rings. The zero-order valence-corrected chi connectivity index (χ0v) is 14.1. The van der Waals surface area contributed by atoms with Crippen molar-refractivity contribution in [2.75, 3.05) is 5.32 Å². The Balaban J connectivity index is 1.56. The highest BCUT2D eigenvalue weighted by molar-refractivity contribution is 7.16. The number of halogens is 1. The van der Waals surface area contributed by atoms with E-state index < -0.39 is 0 Å². The molecule has 0 aliphatic carbocycles. The predicted octanol–water partition coefficient (Wildman–Crippen LogP) is 3.46. The summed E-state index contributed by atoms with van der Waals surface area (Å²) in [7, 11) is 0. The largest absolute Gasteiger partial charge is 0.333 e. The lowest BCUT2D eigenvalue weighted by Crippen LogP contribution is -2.36. The summed E-state index contributed by atoms with van der Waals surface area (Å²) in [5.74, 6) is 0.00474. The van der Waals surface area contributed by atoms with E-state index in [9.17, 15) is 9.59 Å². The van der Waals surface area contributed by atoms with Crippen LogP contribution in [-0.2, 0) is 17.8 Å². The van der Waals surface area contributed by atoms with Gasteiger partial charge in [0.05, 0.1) is 23.3 Å². The van der Waals surface area contributed by atoms with Crippen molar-refractivity contribution in [3.05, 3.63) is 50.7 Å². The van der Waals surface area contributed by atoms with E-state index in [1.54, 1.807) is 0 Å². The highest BCUT2D eigenvalue weighted by Crippen LogP contribution is 2.26. The number of fused-ring (bicyclic) bond motifs is 1. The van der Waals surface area contributed by atoms with Crippen LogP contribution in [0.4, 0.5) is 10.5 Å². The predicted molar refractivity (Wildman–Crippen MR) is 91.9 cm³/mol. The number of carbonyl (C=O) groups excluding carboxylic acids is 2.